The van der Waals surface area contributed by atoms with E-state index in [1.165, 1.54) is 6.92 Å². The molecule has 0 spiro atoms. The number of carbonyl (C=O) groups is 1. The van der Waals surface area contributed by atoms with Crippen LogP contribution in [-0.2, 0) is 109 Å². The molecule has 0 saturated carbocycles. The van der Waals surface area contributed by atoms with Crippen LogP contribution in [0.4, 0.5) is 0 Å². The SMILES string of the molecule is CCC1O[C@@H](O[C@@H]2C(OCc3ccccc3)[C@H](O[C@@H]3C(COCc4ccccc4)O[C@@H](OCc4ccccc4)C(C)[C@H]3C)OC(CO)[C@H]2O)[C@@H](O[C@@H]2OC(COCc3ccccc3)[C@@H](O[C@@H]3OC(C(C)OCc4ccccc4)[C@H](C)[C@H](C)C3OC(C)=O)[C@H](C)C2C)C(C)[C@H]1C. The minimum atomic E-state index is -1.44. The Morgan fingerprint density at radius 1 is 0.411 bits per heavy atom. The maximum atomic E-state index is 12.9. The van der Waals surface area contributed by atoms with E-state index in [0.717, 1.165) is 27.8 Å². The first-order valence-corrected chi connectivity index (χ1v) is 34.5. The van der Waals surface area contributed by atoms with Crippen molar-refractivity contribution >= 4 is 5.97 Å². The van der Waals surface area contributed by atoms with E-state index in [-0.39, 0.29) is 79.4 Å². The third-order valence-electron chi connectivity index (χ3n) is 20.7. The number of hydrogen-bond donors (Lipinski definition) is 2. The van der Waals surface area contributed by atoms with E-state index in [1.807, 2.05) is 159 Å². The number of hydrogen-bond acceptors (Lipinski definition) is 18. The van der Waals surface area contributed by atoms with Gasteiger partial charge in [0, 0.05) is 24.7 Å². The molecule has 95 heavy (non-hydrogen) atoms. The number of aliphatic hydroxyl groups excluding tert-OH is 2. The Bertz CT molecular complexity index is 3010. The Morgan fingerprint density at radius 3 is 1.29 bits per heavy atom. The standard InChI is InChI=1S/C77H104O18/c1-12-61-46(2)47(3)70(94-74-53(9)51(7)68(64(90-74)45-82-40-57-30-20-14-21-31-57)92-76-69(86-55(11)79)49(5)48(4)66(91-76)54(10)83-41-58-32-22-15-23-33-58)75(87-61)95-71-65(80)62(38-78)88-77(72(71)84-42-59-34-24-16-25-35-59)93-67-50(6)52(8)73(85-43-60-36-26-17-27-37-60)89-63(67)44-81-39-56-28-18-13-19-29-56/h13-37,46-54,61-78,80H,12,38-45H2,1-11H3/t46-,47?,48-,49+,50-,51-,52?,53?,54?,61?,62?,63?,64?,65-,66?,67+,68+,69?,70+,71+,72?,73-,74+,75+,76+,77+/m1/s1. The van der Waals surface area contributed by atoms with Crippen molar-refractivity contribution in [2.45, 2.75) is 226 Å². The second kappa shape index (κ2) is 35.1. The fourth-order valence-corrected chi connectivity index (χ4v) is 14.0. The summed E-state index contributed by atoms with van der Waals surface area (Å²) in [5, 5.41) is 23.8. The maximum Gasteiger partial charge on any atom is 0.303 e. The van der Waals surface area contributed by atoms with Crippen molar-refractivity contribution in [2.75, 3.05) is 19.8 Å². The van der Waals surface area contributed by atoms with Crippen LogP contribution in [0.25, 0.3) is 0 Å². The number of benzene rings is 5. The van der Waals surface area contributed by atoms with Crippen LogP contribution in [0.1, 0.15) is 110 Å². The number of aliphatic hydroxyl groups is 2. The molecular formula is C77H104O18. The van der Waals surface area contributed by atoms with E-state index in [1.54, 1.807) is 0 Å². The summed E-state index contributed by atoms with van der Waals surface area (Å²) in [6.45, 7) is 23.5. The normalized spacial score (nSPS) is 36.3. The topological polar surface area (TPSA) is 196 Å². The van der Waals surface area contributed by atoms with E-state index < -0.39 is 111 Å². The van der Waals surface area contributed by atoms with Crippen LogP contribution in [-0.4, -0.2) is 147 Å². The molecule has 5 saturated heterocycles. The first-order valence-electron chi connectivity index (χ1n) is 34.5. The highest BCUT2D eigenvalue weighted by atomic mass is 16.8. The third-order valence-corrected chi connectivity index (χ3v) is 20.7. The molecule has 5 aromatic carbocycles. The van der Waals surface area contributed by atoms with E-state index >= 15 is 0 Å². The van der Waals surface area contributed by atoms with Gasteiger partial charge in [-0.3, -0.25) is 4.79 Å². The van der Waals surface area contributed by atoms with Gasteiger partial charge in [-0.05, 0) is 70.8 Å². The first kappa shape index (κ1) is 72.7. The summed E-state index contributed by atoms with van der Waals surface area (Å²) >= 11 is 0. The number of rotatable bonds is 29. The quantitative estimate of drug-likeness (QED) is 0.0429. The molecule has 2 N–H and O–H groups in total. The lowest BCUT2D eigenvalue weighted by Gasteiger charge is -2.52. The lowest BCUT2D eigenvalue weighted by molar-refractivity contribution is -0.391. The second-order valence-electron chi connectivity index (χ2n) is 27.1. The average Bonchev–Trinajstić information content (AvgIpc) is 0.780. The molecule has 5 aromatic rings. The summed E-state index contributed by atoms with van der Waals surface area (Å²) in [4.78, 5) is 12.9. The number of carbonyl (C=O) groups excluding carboxylic acids is 1. The first-order chi connectivity index (χ1) is 46.0. The van der Waals surface area contributed by atoms with Gasteiger partial charge in [0.15, 0.2) is 37.6 Å². The van der Waals surface area contributed by atoms with Gasteiger partial charge in [-0.15, -0.1) is 0 Å². The van der Waals surface area contributed by atoms with Gasteiger partial charge in [0.05, 0.1) is 83.4 Å². The monoisotopic (exact) mass is 1320 g/mol. The van der Waals surface area contributed by atoms with Crippen LogP contribution in [0.2, 0.25) is 0 Å². The lowest BCUT2D eigenvalue weighted by Crippen LogP contribution is -2.65. The largest absolute Gasteiger partial charge is 0.457 e. The molecule has 26 atom stereocenters. The molecule has 18 nitrogen and oxygen atoms in total. The molecule has 5 fully saturated rings. The molecule has 0 aliphatic carbocycles. The molecule has 0 bridgehead atoms. The van der Waals surface area contributed by atoms with Crippen molar-refractivity contribution in [3.05, 3.63) is 179 Å². The predicted molar refractivity (Wildman–Crippen MR) is 354 cm³/mol. The van der Waals surface area contributed by atoms with Crippen LogP contribution in [0.15, 0.2) is 152 Å². The Kier molecular flexibility index (Phi) is 26.9. The summed E-state index contributed by atoms with van der Waals surface area (Å²) in [5.41, 5.74) is 4.92. The number of ether oxygens (including phenoxy) is 15. The zero-order valence-electron chi connectivity index (χ0n) is 57.2. The summed E-state index contributed by atoms with van der Waals surface area (Å²) in [5.74, 6) is -1.83. The Morgan fingerprint density at radius 2 is 0.800 bits per heavy atom. The van der Waals surface area contributed by atoms with Crippen LogP contribution in [0.3, 0.4) is 0 Å². The van der Waals surface area contributed by atoms with Crippen LogP contribution in [0.5, 0.6) is 0 Å². The van der Waals surface area contributed by atoms with Gasteiger partial charge in [-0.25, -0.2) is 0 Å². The summed E-state index contributed by atoms with van der Waals surface area (Å²) in [7, 11) is 0. The van der Waals surface area contributed by atoms with Crippen molar-refractivity contribution < 1.29 is 86.1 Å². The smallest absolute Gasteiger partial charge is 0.303 e. The third kappa shape index (κ3) is 18.6. The predicted octanol–water partition coefficient (Wildman–Crippen LogP) is 11.8. The molecule has 11 unspecified atom stereocenters. The van der Waals surface area contributed by atoms with Crippen molar-refractivity contribution in [3.8, 4) is 0 Å². The molecule has 5 heterocycles. The van der Waals surface area contributed by atoms with Crippen molar-refractivity contribution in [1.82, 2.24) is 0 Å². The van der Waals surface area contributed by atoms with Crippen LogP contribution < -0.4 is 0 Å². The minimum Gasteiger partial charge on any atom is -0.457 e. The number of esters is 1. The molecule has 0 aromatic heterocycles. The van der Waals surface area contributed by atoms with E-state index in [9.17, 15) is 15.0 Å². The highest BCUT2D eigenvalue weighted by molar-refractivity contribution is 5.66. The van der Waals surface area contributed by atoms with E-state index in [0.29, 0.717) is 32.8 Å². The van der Waals surface area contributed by atoms with Crippen molar-refractivity contribution in [3.63, 3.8) is 0 Å². The molecular weight excluding hydrogens is 1210 g/mol. The Labute approximate surface area is 562 Å². The van der Waals surface area contributed by atoms with Gasteiger partial charge in [-0.1, -0.05) is 214 Å². The van der Waals surface area contributed by atoms with Gasteiger partial charge < -0.3 is 81.3 Å². The van der Waals surface area contributed by atoms with E-state index in [4.69, 9.17) is 71.1 Å². The molecule has 10 rings (SSSR count). The summed E-state index contributed by atoms with van der Waals surface area (Å²) < 4.78 is 103. The fourth-order valence-electron chi connectivity index (χ4n) is 14.0. The van der Waals surface area contributed by atoms with Crippen molar-refractivity contribution in [2.24, 2.45) is 47.3 Å². The maximum absolute atomic E-state index is 12.9. The van der Waals surface area contributed by atoms with Gasteiger partial charge in [-0.2, -0.15) is 0 Å². The lowest BCUT2D eigenvalue weighted by atomic mass is 9.80. The van der Waals surface area contributed by atoms with E-state index in [2.05, 4.69) is 62.3 Å². The second-order valence-corrected chi connectivity index (χ2v) is 27.1. The molecule has 5 aliphatic rings. The Balaban J connectivity index is 0.930. The molecule has 520 valence electrons. The van der Waals surface area contributed by atoms with Crippen molar-refractivity contribution in [1.29, 1.82) is 0 Å². The zero-order chi connectivity index (χ0) is 67.1. The van der Waals surface area contributed by atoms with Gasteiger partial charge in [0.1, 0.15) is 42.7 Å². The van der Waals surface area contributed by atoms with Gasteiger partial charge in [0.25, 0.3) is 0 Å². The summed E-state index contributed by atoms with van der Waals surface area (Å²) in [6.07, 6.45) is -14.3. The summed E-state index contributed by atoms with van der Waals surface area (Å²) in [6, 6.07) is 49.7. The molecule has 0 amide bonds. The highest BCUT2D eigenvalue weighted by Gasteiger charge is 2.56. The molecule has 0 radical (unpaired) electrons. The molecule has 18 heteroatoms. The van der Waals surface area contributed by atoms with Crippen LogP contribution in [0, 0.1) is 47.3 Å². The molecule has 5 aliphatic heterocycles. The van der Waals surface area contributed by atoms with Gasteiger partial charge in [0.2, 0.25) is 0 Å². The van der Waals surface area contributed by atoms with Crippen LogP contribution >= 0.6 is 0 Å². The fraction of sp³-hybridized carbons (Fsp3) is 0.597. The zero-order valence-corrected chi connectivity index (χ0v) is 57.2. The highest BCUT2D eigenvalue weighted by Crippen LogP contribution is 2.45. The van der Waals surface area contributed by atoms with Gasteiger partial charge >= 0.3 is 5.97 Å². The minimum absolute atomic E-state index is 0.0114. The average molecular weight is 1320 g/mol. The Hall–Kier alpha value is -5.07.